The van der Waals surface area contributed by atoms with Crippen molar-refractivity contribution in [2.75, 3.05) is 26.8 Å². The number of nitrogens with one attached hydrogen (secondary N) is 1. The number of halogens is 1. The van der Waals surface area contributed by atoms with Crippen LogP contribution in [0.25, 0.3) is 10.9 Å². The molecule has 4 rings (SSSR count). The van der Waals surface area contributed by atoms with Crippen LogP contribution in [0.1, 0.15) is 23.3 Å². The summed E-state index contributed by atoms with van der Waals surface area (Å²) in [6, 6.07) is 5.01. The highest BCUT2D eigenvalue weighted by molar-refractivity contribution is 5.98. The zero-order valence-electron chi connectivity index (χ0n) is 15.3. The highest BCUT2D eigenvalue weighted by Crippen LogP contribution is 2.26. The Labute approximate surface area is 160 Å². The van der Waals surface area contributed by atoms with E-state index in [0.29, 0.717) is 42.5 Å². The standard InChI is InChI=1S/C19H20FN3O5/c1-27-18(25)16-10-28-19(26)23(16)13-4-6-22(7-5-13)17(24)15-9-11-8-12(20)2-3-14(11)21-15/h2-3,8-9,13,16,21H,4-7,10H2,1H3. The third-order valence-electron chi connectivity index (χ3n) is 5.34. The molecule has 8 nitrogen and oxygen atoms in total. The highest BCUT2D eigenvalue weighted by atomic mass is 19.1. The third-order valence-corrected chi connectivity index (χ3v) is 5.34. The van der Waals surface area contributed by atoms with Crippen LogP contribution in [-0.2, 0) is 14.3 Å². The number of benzene rings is 1. The maximum Gasteiger partial charge on any atom is 0.410 e. The number of aromatic nitrogens is 1. The van der Waals surface area contributed by atoms with Crippen LogP contribution >= 0.6 is 0 Å². The van der Waals surface area contributed by atoms with Gasteiger partial charge in [-0.3, -0.25) is 9.69 Å². The monoisotopic (exact) mass is 389 g/mol. The van der Waals surface area contributed by atoms with Crippen LogP contribution in [0.4, 0.5) is 9.18 Å². The summed E-state index contributed by atoms with van der Waals surface area (Å²) in [7, 11) is 1.27. The predicted molar refractivity (Wildman–Crippen MR) is 96.2 cm³/mol. The van der Waals surface area contributed by atoms with E-state index in [1.54, 1.807) is 17.0 Å². The van der Waals surface area contributed by atoms with Gasteiger partial charge in [0.15, 0.2) is 6.04 Å². The van der Waals surface area contributed by atoms with Gasteiger partial charge in [0.2, 0.25) is 0 Å². The minimum Gasteiger partial charge on any atom is -0.467 e. The van der Waals surface area contributed by atoms with Crippen LogP contribution in [0.15, 0.2) is 24.3 Å². The molecule has 0 spiro atoms. The summed E-state index contributed by atoms with van der Waals surface area (Å²) in [6.45, 7) is 0.853. The van der Waals surface area contributed by atoms with Gasteiger partial charge in [-0.05, 0) is 37.1 Å². The van der Waals surface area contributed by atoms with Gasteiger partial charge >= 0.3 is 12.1 Å². The Morgan fingerprint density at radius 3 is 2.71 bits per heavy atom. The SMILES string of the molecule is COC(=O)C1COC(=O)N1C1CCN(C(=O)c2cc3cc(F)ccc3[nH]2)CC1. The molecule has 1 N–H and O–H groups in total. The number of rotatable bonds is 3. The smallest absolute Gasteiger partial charge is 0.410 e. The van der Waals surface area contributed by atoms with Gasteiger partial charge in [-0.2, -0.15) is 0 Å². The van der Waals surface area contributed by atoms with Gasteiger partial charge in [0, 0.05) is 30.0 Å². The molecular weight excluding hydrogens is 369 g/mol. The molecule has 0 radical (unpaired) electrons. The molecule has 2 aliphatic rings. The molecule has 1 atom stereocenters. The summed E-state index contributed by atoms with van der Waals surface area (Å²) in [4.78, 5) is 42.9. The molecule has 1 unspecified atom stereocenters. The minimum absolute atomic E-state index is 0.0176. The number of esters is 1. The summed E-state index contributed by atoms with van der Waals surface area (Å²) >= 11 is 0. The Morgan fingerprint density at radius 2 is 2.00 bits per heavy atom. The van der Waals surface area contributed by atoms with Crippen molar-refractivity contribution >= 4 is 28.9 Å². The molecule has 148 valence electrons. The fraction of sp³-hybridized carbons (Fsp3) is 0.421. The van der Waals surface area contributed by atoms with Crippen LogP contribution in [0.2, 0.25) is 0 Å². The van der Waals surface area contributed by atoms with E-state index < -0.39 is 18.1 Å². The fourth-order valence-electron chi connectivity index (χ4n) is 3.89. The van der Waals surface area contributed by atoms with Crippen LogP contribution in [0, 0.1) is 5.82 Å². The largest absolute Gasteiger partial charge is 0.467 e. The zero-order chi connectivity index (χ0) is 19.8. The Bertz CT molecular complexity index is 935. The van der Waals surface area contributed by atoms with Gasteiger partial charge < -0.3 is 19.4 Å². The normalized spacial score (nSPS) is 20.5. The van der Waals surface area contributed by atoms with Crippen molar-refractivity contribution in [2.45, 2.75) is 24.9 Å². The molecule has 1 aromatic heterocycles. The van der Waals surface area contributed by atoms with Crippen LogP contribution < -0.4 is 0 Å². The van der Waals surface area contributed by atoms with Gasteiger partial charge in [0.05, 0.1) is 7.11 Å². The number of carbonyl (C=O) groups excluding carboxylic acids is 3. The van der Waals surface area contributed by atoms with E-state index in [2.05, 4.69) is 4.98 Å². The van der Waals surface area contributed by atoms with Crippen molar-refractivity contribution in [1.82, 2.24) is 14.8 Å². The molecule has 2 amide bonds. The summed E-state index contributed by atoms with van der Waals surface area (Å²) in [5.74, 6) is -1.04. The number of fused-ring (bicyclic) bond motifs is 1. The van der Waals surface area contributed by atoms with Gasteiger partial charge in [0.1, 0.15) is 18.1 Å². The lowest BCUT2D eigenvalue weighted by atomic mass is 10.0. The van der Waals surface area contributed by atoms with Crippen molar-refractivity contribution in [3.63, 3.8) is 0 Å². The molecule has 1 aromatic carbocycles. The molecule has 2 fully saturated rings. The van der Waals surface area contributed by atoms with Crippen molar-refractivity contribution in [1.29, 1.82) is 0 Å². The summed E-state index contributed by atoms with van der Waals surface area (Å²) < 4.78 is 23.1. The molecule has 0 aliphatic carbocycles. The number of likely N-dealkylation sites (tertiary alicyclic amines) is 1. The number of aromatic amines is 1. The lowest BCUT2D eigenvalue weighted by molar-refractivity contribution is -0.145. The van der Waals surface area contributed by atoms with Crippen LogP contribution in [0.3, 0.4) is 0 Å². The molecule has 9 heteroatoms. The summed E-state index contributed by atoms with van der Waals surface area (Å²) in [5.41, 5.74) is 1.09. The number of hydrogen-bond acceptors (Lipinski definition) is 5. The first kappa shape index (κ1) is 18.3. The fourth-order valence-corrected chi connectivity index (χ4v) is 3.89. The second kappa shape index (κ2) is 7.14. The van der Waals surface area contributed by atoms with E-state index in [0.717, 1.165) is 0 Å². The predicted octanol–water partition coefficient (Wildman–Crippen LogP) is 1.91. The quantitative estimate of drug-likeness (QED) is 0.810. The van der Waals surface area contributed by atoms with E-state index in [1.165, 1.54) is 24.1 Å². The van der Waals surface area contributed by atoms with Crippen molar-refractivity contribution in [2.24, 2.45) is 0 Å². The average molecular weight is 389 g/mol. The summed E-state index contributed by atoms with van der Waals surface area (Å²) in [5, 5.41) is 0.638. The number of H-pyrrole nitrogens is 1. The highest BCUT2D eigenvalue weighted by Gasteiger charge is 2.44. The lowest BCUT2D eigenvalue weighted by Gasteiger charge is -2.37. The second-order valence-electron chi connectivity index (χ2n) is 6.96. The molecule has 0 bridgehead atoms. The number of cyclic esters (lactones) is 1. The second-order valence-corrected chi connectivity index (χ2v) is 6.96. The number of nitrogens with zero attached hydrogens (tertiary/aromatic N) is 2. The molecule has 3 heterocycles. The maximum atomic E-state index is 13.4. The van der Waals surface area contributed by atoms with Crippen molar-refractivity contribution in [3.8, 4) is 0 Å². The minimum atomic E-state index is -0.742. The number of hydrogen-bond donors (Lipinski definition) is 1. The van der Waals surface area contributed by atoms with E-state index in [1.807, 2.05) is 0 Å². The topological polar surface area (TPSA) is 91.9 Å². The zero-order valence-corrected chi connectivity index (χ0v) is 15.3. The van der Waals surface area contributed by atoms with Crippen LogP contribution in [0.5, 0.6) is 0 Å². The molecule has 2 aliphatic heterocycles. The van der Waals surface area contributed by atoms with E-state index in [-0.39, 0.29) is 24.4 Å². The van der Waals surface area contributed by atoms with Crippen LogP contribution in [-0.4, -0.2) is 71.6 Å². The Kier molecular flexibility index (Phi) is 4.66. The first-order chi connectivity index (χ1) is 13.5. The Balaban J connectivity index is 1.43. The van der Waals surface area contributed by atoms with E-state index >= 15 is 0 Å². The van der Waals surface area contributed by atoms with Gasteiger partial charge in [0.25, 0.3) is 5.91 Å². The molecule has 28 heavy (non-hydrogen) atoms. The summed E-state index contributed by atoms with van der Waals surface area (Å²) in [6.07, 6.45) is 0.532. The number of ether oxygens (including phenoxy) is 2. The lowest BCUT2D eigenvalue weighted by Crippen LogP contribution is -2.52. The Hall–Kier alpha value is -3.10. The first-order valence-corrected chi connectivity index (χ1v) is 9.08. The van der Waals surface area contributed by atoms with Gasteiger partial charge in [-0.1, -0.05) is 0 Å². The van der Waals surface area contributed by atoms with Crippen molar-refractivity contribution in [3.05, 3.63) is 35.8 Å². The van der Waals surface area contributed by atoms with E-state index in [9.17, 15) is 18.8 Å². The van der Waals surface area contributed by atoms with E-state index in [4.69, 9.17) is 9.47 Å². The van der Waals surface area contributed by atoms with Crippen molar-refractivity contribution < 1.29 is 28.2 Å². The number of methoxy groups -OCH3 is 1. The third kappa shape index (κ3) is 3.17. The molecular formula is C19H20FN3O5. The number of amides is 2. The maximum absolute atomic E-state index is 13.4. The van der Waals surface area contributed by atoms with Gasteiger partial charge in [-0.25, -0.2) is 14.0 Å². The number of piperidine rings is 1. The first-order valence-electron chi connectivity index (χ1n) is 9.08. The Morgan fingerprint density at radius 1 is 1.25 bits per heavy atom. The molecule has 0 saturated carbocycles. The van der Waals surface area contributed by atoms with Gasteiger partial charge in [-0.15, -0.1) is 0 Å². The average Bonchev–Trinajstić information content (AvgIpc) is 3.30. The number of carbonyl (C=O) groups is 3. The molecule has 2 aromatic rings. The molecule has 2 saturated heterocycles.